The van der Waals surface area contributed by atoms with Crippen molar-refractivity contribution in [3.05, 3.63) is 34.9 Å². The zero-order valence-corrected chi connectivity index (χ0v) is 14.1. The van der Waals surface area contributed by atoms with Crippen molar-refractivity contribution in [3.8, 4) is 0 Å². The van der Waals surface area contributed by atoms with Crippen molar-refractivity contribution in [2.45, 2.75) is 25.4 Å². The number of methoxy groups -OCH3 is 1. The summed E-state index contributed by atoms with van der Waals surface area (Å²) >= 11 is 1.71. The summed E-state index contributed by atoms with van der Waals surface area (Å²) in [5.74, 6) is 0.530. The third-order valence-corrected chi connectivity index (χ3v) is 5.07. The van der Waals surface area contributed by atoms with E-state index in [1.807, 2.05) is 0 Å². The van der Waals surface area contributed by atoms with Crippen molar-refractivity contribution in [1.82, 2.24) is 19.7 Å². The molecule has 1 aliphatic rings. The number of hydrogen-bond acceptors (Lipinski definition) is 7. The Bertz CT molecular complexity index is 861. The highest BCUT2D eigenvalue weighted by molar-refractivity contribution is 7.08. The van der Waals surface area contributed by atoms with Gasteiger partial charge >= 0.3 is 5.97 Å². The Hall–Kier alpha value is -2.48. The van der Waals surface area contributed by atoms with Crippen molar-refractivity contribution in [1.29, 1.82) is 0 Å². The van der Waals surface area contributed by atoms with E-state index in [1.165, 1.54) is 19.0 Å². The smallest absolute Gasteiger partial charge is 0.327 e. The Morgan fingerprint density at radius 2 is 2.38 bits per heavy atom. The molecule has 1 saturated heterocycles. The van der Waals surface area contributed by atoms with Gasteiger partial charge in [0.2, 0.25) is 0 Å². The fourth-order valence-corrected chi connectivity index (χ4v) is 3.95. The normalized spacial score (nSPS) is 17.5. The monoisotopic (exact) mass is 343 g/mol. The maximum Gasteiger partial charge on any atom is 0.327 e. The van der Waals surface area contributed by atoms with E-state index in [1.54, 1.807) is 22.2 Å². The lowest BCUT2D eigenvalue weighted by Crippen LogP contribution is -2.23. The number of fused-ring (bicyclic) bond motifs is 1. The van der Waals surface area contributed by atoms with Crippen LogP contribution in [0.2, 0.25) is 0 Å². The van der Waals surface area contributed by atoms with Crippen LogP contribution >= 0.6 is 11.3 Å². The van der Waals surface area contributed by atoms with Gasteiger partial charge in [0.1, 0.15) is 18.7 Å². The van der Waals surface area contributed by atoms with Crippen LogP contribution < -0.4 is 4.90 Å². The fraction of sp³-hybridized carbons (Fsp3) is 0.375. The fourth-order valence-electron chi connectivity index (χ4n) is 3.24. The molecule has 7 nitrogen and oxygen atoms in total. The van der Waals surface area contributed by atoms with E-state index in [0.717, 1.165) is 30.6 Å². The average molecular weight is 343 g/mol. The second-order valence-corrected chi connectivity index (χ2v) is 6.50. The van der Waals surface area contributed by atoms with Crippen molar-refractivity contribution in [3.63, 3.8) is 0 Å². The van der Waals surface area contributed by atoms with Crippen LogP contribution in [-0.2, 0) is 16.1 Å². The van der Waals surface area contributed by atoms with Gasteiger partial charge < -0.3 is 9.64 Å². The standard InChI is InChI=1S/C16H17N5O2S/c1-23-14(22)8-21-16-12(7-19-21)15(17-10-18-16)20-5-2-3-13(20)11-4-6-24-9-11/h4,6-7,9-10,13H,2-3,5,8H2,1H3/t13-/m0/s1. The summed E-state index contributed by atoms with van der Waals surface area (Å²) in [5.41, 5.74) is 1.98. The van der Waals surface area contributed by atoms with Crippen molar-refractivity contribution in [2.24, 2.45) is 0 Å². The van der Waals surface area contributed by atoms with Crippen LogP contribution in [0.15, 0.2) is 29.4 Å². The number of hydrogen-bond donors (Lipinski definition) is 0. The predicted molar refractivity (Wildman–Crippen MR) is 91.0 cm³/mol. The molecule has 0 aromatic carbocycles. The lowest BCUT2D eigenvalue weighted by atomic mass is 10.1. The lowest BCUT2D eigenvalue weighted by Gasteiger charge is -2.25. The van der Waals surface area contributed by atoms with Gasteiger partial charge in [-0.2, -0.15) is 16.4 Å². The molecule has 4 rings (SSSR count). The van der Waals surface area contributed by atoms with Gasteiger partial charge in [0.05, 0.1) is 24.7 Å². The molecule has 1 atom stereocenters. The average Bonchev–Trinajstić information content (AvgIpc) is 3.34. The summed E-state index contributed by atoms with van der Waals surface area (Å²) in [6, 6.07) is 2.51. The van der Waals surface area contributed by atoms with Gasteiger partial charge in [0, 0.05) is 6.54 Å². The number of carbonyl (C=O) groups excluding carboxylic acids is 1. The zero-order chi connectivity index (χ0) is 16.5. The van der Waals surface area contributed by atoms with Crippen LogP contribution in [0.3, 0.4) is 0 Å². The molecular weight excluding hydrogens is 326 g/mol. The molecule has 0 bridgehead atoms. The van der Waals surface area contributed by atoms with Gasteiger partial charge in [0.25, 0.3) is 0 Å². The van der Waals surface area contributed by atoms with Crippen molar-refractivity contribution < 1.29 is 9.53 Å². The number of ether oxygens (including phenoxy) is 1. The van der Waals surface area contributed by atoms with Crippen LogP contribution in [0.25, 0.3) is 11.0 Å². The number of nitrogens with zero attached hydrogens (tertiary/aromatic N) is 5. The highest BCUT2D eigenvalue weighted by Crippen LogP contribution is 2.38. The summed E-state index contributed by atoms with van der Waals surface area (Å²) in [6.45, 7) is 0.999. The van der Waals surface area contributed by atoms with Gasteiger partial charge in [0.15, 0.2) is 5.65 Å². The van der Waals surface area contributed by atoms with E-state index >= 15 is 0 Å². The molecule has 8 heteroatoms. The zero-order valence-electron chi connectivity index (χ0n) is 13.3. The molecule has 124 valence electrons. The molecule has 0 amide bonds. The molecule has 3 aromatic heterocycles. The predicted octanol–water partition coefficient (Wildman–Crippen LogP) is 2.40. The molecule has 1 fully saturated rings. The summed E-state index contributed by atoms with van der Waals surface area (Å²) in [4.78, 5) is 22.7. The summed E-state index contributed by atoms with van der Waals surface area (Å²) in [7, 11) is 1.37. The van der Waals surface area contributed by atoms with Crippen LogP contribution in [0.5, 0.6) is 0 Å². The summed E-state index contributed by atoms with van der Waals surface area (Å²) < 4.78 is 6.27. The van der Waals surface area contributed by atoms with E-state index in [-0.39, 0.29) is 12.5 Å². The summed E-state index contributed by atoms with van der Waals surface area (Å²) in [5, 5.41) is 9.46. The van der Waals surface area contributed by atoms with Crippen LogP contribution in [0, 0.1) is 0 Å². The largest absolute Gasteiger partial charge is 0.468 e. The number of thiophene rings is 1. The van der Waals surface area contributed by atoms with E-state index in [2.05, 4.69) is 36.8 Å². The lowest BCUT2D eigenvalue weighted by molar-refractivity contribution is -0.141. The molecule has 0 spiro atoms. The Labute approximate surface area is 142 Å². The van der Waals surface area contributed by atoms with Gasteiger partial charge in [-0.3, -0.25) is 4.79 Å². The Kier molecular flexibility index (Phi) is 3.89. The highest BCUT2D eigenvalue weighted by atomic mass is 32.1. The molecular formula is C16H17N5O2S. The number of carbonyl (C=O) groups is 1. The van der Waals surface area contributed by atoms with Crippen molar-refractivity contribution in [2.75, 3.05) is 18.6 Å². The van der Waals surface area contributed by atoms with Crippen LogP contribution in [0.4, 0.5) is 5.82 Å². The molecule has 3 aromatic rings. The van der Waals surface area contributed by atoms with Gasteiger partial charge in [-0.05, 0) is 35.2 Å². The third-order valence-electron chi connectivity index (χ3n) is 4.37. The highest BCUT2D eigenvalue weighted by Gasteiger charge is 2.29. The Morgan fingerprint density at radius 1 is 1.46 bits per heavy atom. The van der Waals surface area contributed by atoms with Crippen LogP contribution in [0.1, 0.15) is 24.4 Å². The van der Waals surface area contributed by atoms with Gasteiger partial charge in [-0.25, -0.2) is 14.6 Å². The van der Waals surface area contributed by atoms with E-state index in [9.17, 15) is 4.79 Å². The first-order valence-electron chi connectivity index (χ1n) is 7.80. The maximum atomic E-state index is 11.5. The van der Waals surface area contributed by atoms with Crippen LogP contribution in [-0.4, -0.2) is 39.4 Å². The first-order chi connectivity index (χ1) is 11.8. The molecule has 0 aliphatic carbocycles. The van der Waals surface area contributed by atoms with E-state index < -0.39 is 0 Å². The molecule has 4 heterocycles. The maximum absolute atomic E-state index is 11.5. The van der Waals surface area contributed by atoms with E-state index in [0.29, 0.717) is 11.7 Å². The molecule has 0 radical (unpaired) electrons. The number of anilines is 1. The van der Waals surface area contributed by atoms with Gasteiger partial charge in [-0.15, -0.1) is 0 Å². The quantitative estimate of drug-likeness (QED) is 0.677. The molecule has 0 N–H and O–H groups in total. The van der Waals surface area contributed by atoms with Crippen molar-refractivity contribution >= 4 is 34.2 Å². The molecule has 0 unspecified atom stereocenters. The Balaban J connectivity index is 1.73. The SMILES string of the molecule is COC(=O)Cn1ncc2c(N3CCC[C@H]3c3ccsc3)ncnc21. The third kappa shape index (κ3) is 2.52. The van der Waals surface area contributed by atoms with Gasteiger partial charge in [-0.1, -0.05) is 0 Å². The molecule has 1 aliphatic heterocycles. The minimum absolute atomic E-state index is 0.0460. The number of rotatable bonds is 4. The first-order valence-corrected chi connectivity index (χ1v) is 8.74. The number of aromatic nitrogens is 4. The minimum atomic E-state index is -0.350. The Morgan fingerprint density at radius 3 is 3.17 bits per heavy atom. The minimum Gasteiger partial charge on any atom is -0.468 e. The topological polar surface area (TPSA) is 73.1 Å². The molecule has 24 heavy (non-hydrogen) atoms. The second-order valence-electron chi connectivity index (χ2n) is 5.72. The van der Waals surface area contributed by atoms with E-state index in [4.69, 9.17) is 4.74 Å². The first kappa shape index (κ1) is 15.1. The summed E-state index contributed by atoms with van der Waals surface area (Å²) in [6.07, 6.45) is 5.51. The second kappa shape index (κ2) is 6.20. The molecule has 0 saturated carbocycles. The number of esters is 1.